The van der Waals surface area contributed by atoms with Crippen LogP contribution in [-0.4, -0.2) is 83.9 Å². The minimum absolute atomic E-state index is 0.131. The SMILES string of the molecule is CNC1CCN(c2ccnc(N3CCN(c4ccn5cc(-c6cc(Cl)c(OC)cc6CO)nc5c4)CC3)n2)CC1. The molecule has 3 aromatic heterocycles. The maximum absolute atomic E-state index is 9.93. The number of rotatable bonds is 7. The number of nitrogens with one attached hydrogen (secondary N) is 1. The molecule has 0 unspecified atom stereocenters. The number of halogens is 1. The van der Waals surface area contributed by atoms with E-state index in [0.717, 1.165) is 92.0 Å². The van der Waals surface area contributed by atoms with Gasteiger partial charge in [0, 0.05) is 81.2 Å². The number of ether oxygens (including phenoxy) is 1. The Morgan fingerprint density at radius 1 is 1.00 bits per heavy atom. The van der Waals surface area contributed by atoms with Gasteiger partial charge in [0.25, 0.3) is 0 Å². The maximum Gasteiger partial charge on any atom is 0.227 e. The third-order valence-electron chi connectivity index (χ3n) is 8.05. The number of hydrogen-bond donors (Lipinski definition) is 2. The summed E-state index contributed by atoms with van der Waals surface area (Å²) in [5.74, 6) is 2.36. The van der Waals surface area contributed by atoms with E-state index in [9.17, 15) is 5.11 Å². The van der Waals surface area contributed by atoms with Gasteiger partial charge in [-0.25, -0.2) is 9.97 Å². The number of piperazine rings is 1. The van der Waals surface area contributed by atoms with Crippen molar-refractivity contribution in [2.45, 2.75) is 25.5 Å². The second-order valence-corrected chi connectivity index (χ2v) is 10.7. The standard InChI is InChI=1S/C29H35ClN8O2/c1-31-21-4-8-36(9-5-21)27-3-7-32-29(34-27)37-13-11-35(12-14-37)22-6-10-38-18-25(33-28(38)16-22)23-17-24(30)26(40-2)15-20(23)19-39/h3,6-7,10,15-18,21,31,39H,4-5,8-9,11-14,19H2,1-2H3. The molecular weight excluding hydrogens is 528 g/mol. The fourth-order valence-electron chi connectivity index (χ4n) is 5.65. The predicted octanol–water partition coefficient (Wildman–Crippen LogP) is 3.46. The highest BCUT2D eigenvalue weighted by Gasteiger charge is 2.23. The van der Waals surface area contributed by atoms with Gasteiger partial charge >= 0.3 is 0 Å². The Kier molecular flexibility index (Phi) is 7.64. The molecule has 2 aliphatic heterocycles. The molecule has 0 saturated carbocycles. The predicted molar refractivity (Wildman–Crippen MR) is 159 cm³/mol. The van der Waals surface area contributed by atoms with Crippen LogP contribution < -0.4 is 24.8 Å². The van der Waals surface area contributed by atoms with Crippen molar-refractivity contribution in [3.05, 3.63) is 59.5 Å². The van der Waals surface area contributed by atoms with Crippen molar-refractivity contribution in [2.75, 3.05) is 68.1 Å². The lowest BCUT2D eigenvalue weighted by atomic mass is 10.1. The number of imidazole rings is 1. The number of benzene rings is 1. The fraction of sp³-hybridized carbons (Fsp3) is 0.414. The number of fused-ring (bicyclic) bond motifs is 1. The lowest BCUT2D eigenvalue weighted by Gasteiger charge is -2.37. The summed E-state index contributed by atoms with van der Waals surface area (Å²) >= 11 is 6.38. The summed E-state index contributed by atoms with van der Waals surface area (Å²) in [6.45, 7) is 5.33. The summed E-state index contributed by atoms with van der Waals surface area (Å²) in [7, 11) is 3.60. The molecule has 0 aliphatic carbocycles. The zero-order valence-corrected chi connectivity index (χ0v) is 23.7. The molecule has 2 N–H and O–H groups in total. The second-order valence-electron chi connectivity index (χ2n) is 10.3. The summed E-state index contributed by atoms with van der Waals surface area (Å²) in [5.41, 5.74) is 4.23. The molecule has 4 aromatic rings. The van der Waals surface area contributed by atoms with Crippen LogP contribution in [0.25, 0.3) is 16.9 Å². The Labute approximate surface area is 239 Å². The van der Waals surface area contributed by atoms with E-state index < -0.39 is 0 Å². The van der Waals surface area contributed by atoms with Crippen LogP contribution in [0, 0.1) is 0 Å². The van der Waals surface area contributed by atoms with E-state index in [2.05, 4.69) is 37.1 Å². The van der Waals surface area contributed by atoms with Crippen molar-refractivity contribution in [3.8, 4) is 17.0 Å². The van der Waals surface area contributed by atoms with Crippen molar-refractivity contribution in [2.24, 2.45) is 0 Å². The van der Waals surface area contributed by atoms with Crippen LogP contribution in [0.1, 0.15) is 18.4 Å². The van der Waals surface area contributed by atoms with E-state index in [1.807, 2.05) is 36.1 Å². The molecule has 0 radical (unpaired) electrons. The van der Waals surface area contributed by atoms with Crippen molar-refractivity contribution in [1.82, 2.24) is 24.7 Å². The van der Waals surface area contributed by atoms with E-state index in [0.29, 0.717) is 16.8 Å². The molecule has 6 rings (SSSR count). The van der Waals surface area contributed by atoms with Crippen LogP contribution in [0.15, 0.2) is 48.9 Å². The molecule has 210 valence electrons. The highest BCUT2D eigenvalue weighted by molar-refractivity contribution is 6.32. The molecule has 0 atom stereocenters. The molecule has 0 spiro atoms. The van der Waals surface area contributed by atoms with E-state index in [1.165, 1.54) is 0 Å². The van der Waals surface area contributed by atoms with Crippen LogP contribution in [0.2, 0.25) is 5.02 Å². The van der Waals surface area contributed by atoms with Gasteiger partial charge in [0.05, 0.1) is 24.4 Å². The van der Waals surface area contributed by atoms with Crippen molar-refractivity contribution in [3.63, 3.8) is 0 Å². The Morgan fingerprint density at radius 2 is 1.77 bits per heavy atom. The summed E-state index contributed by atoms with van der Waals surface area (Å²) < 4.78 is 7.30. The van der Waals surface area contributed by atoms with Crippen LogP contribution in [0.3, 0.4) is 0 Å². The largest absolute Gasteiger partial charge is 0.495 e. The van der Waals surface area contributed by atoms with E-state index in [1.54, 1.807) is 19.2 Å². The minimum atomic E-state index is -0.131. The average molecular weight is 563 g/mol. The van der Waals surface area contributed by atoms with Gasteiger partial charge in [0.2, 0.25) is 5.95 Å². The van der Waals surface area contributed by atoms with Gasteiger partial charge in [-0.1, -0.05) is 11.6 Å². The van der Waals surface area contributed by atoms with Gasteiger partial charge in [-0.3, -0.25) is 0 Å². The number of aliphatic hydroxyl groups excluding tert-OH is 1. The van der Waals surface area contributed by atoms with Crippen LogP contribution in [0.4, 0.5) is 17.5 Å². The summed E-state index contributed by atoms with van der Waals surface area (Å²) in [4.78, 5) is 21.4. The molecule has 1 aromatic carbocycles. The molecule has 11 heteroatoms. The first-order valence-corrected chi connectivity index (χ1v) is 14.2. The smallest absolute Gasteiger partial charge is 0.227 e. The Balaban J connectivity index is 1.14. The number of pyridine rings is 1. The number of aromatic nitrogens is 4. The molecule has 40 heavy (non-hydrogen) atoms. The van der Waals surface area contributed by atoms with Crippen molar-refractivity contribution >= 4 is 34.7 Å². The van der Waals surface area contributed by atoms with E-state index in [4.69, 9.17) is 26.3 Å². The topological polar surface area (TPSA) is 94.3 Å². The maximum atomic E-state index is 9.93. The summed E-state index contributed by atoms with van der Waals surface area (Å²) in [5, 5.41) is 13.8. The van der Waals surface area contributed by atoms with Crippen molar-refractivity contribution in [1.29, 1.82) is 0 Å². The molecular formula is C29H35ClN8O2. The molecule has 0 amide bonds. The number of methoxy groups -OCH3 is 1. The molecule has 2 fully saturated rings. The molecule has 2 saturated heterocycles. The quantitative estimate of drug-likeness (QED) is 0.351. The molecule has 5 heterocycles. The number of aliphatic hydroxyl groups is 1. The first kappa shape index (κ1) is 26.6. The summed E-state index contributed by atoms with van der Waals surface area (Å²) in [6, 6.07) is 10.4. The number of hydrogen-bond acceptors (Lipinski definition) is 9. The fourth-order valence-corrected chi connectivity index (χ4v) is 5.89. The lowest BCUT2D eigenvalue weighted by molar-refractivity contribution is 0.281. The average Bonchev–Trinajstić information content (AvgIpc) is 3.44. The van der Waals surface area contributed by atoms with Gasteiger partial charge in [-0.15, -0.1) is 0 Å². The number of anilines is 3. The highest BCUT2D eigenvalue weighted by atomic mass is 35.5. The van der Waals surface area contributed by atoms with Gasteiger partial charge in [0.1, 0.15) is 17.2 Å². The van der Waals surface area contributed by atoms with Crippen molar-refractivity contribution < 1.29 is 9.84 Å². The van der Waals surface area contributed by atoms with Crippen LogP contribution >= 0.6 is 11.6 Å². The molecule has 10 nitrogen and oxygen atoms in total. The van der Waals surface area contributed by atoms with Crippen LogP contribution in [-0.2, 0) is 6.61 Å². The third-order valence-corrected chi connectivity index (χ3v) is 8.35. The van der Waals surface area contributed by atoms with E-state index >= 15 is 0 Å². The Morgan fingerprint density at radius 3 is 2.50 bits per heavy atom. The lowest BCUT2D eigenvalue weighted by Crippen LogP contribution is -2.47. The first-order chi connectivity index (χ1) is 19.6. The van der Waals surface area contributed by atoms with Gasteiger partial charge in [-0.05, 0) is 49.7 Å². The number of piperidine rings is 1. The Bertz CT molecular complexity index is 1480. The summed E-state index contributed by atoms with van der Waals surface area (Å²) in [6.07, 6.45) is 8.14. The first-order valence-electron chi connectivity index (χ1n) is 13.8. The number of nitrogens with zero attached hydrogens (tertiary/aromatic N) is 7. The van der Waals surface area contributed by atoms with Gasteiger partial charge in [0.15, 0.2) is 0 Å². The molecule has 0 bridgehead atoms. The van der Waals surface area contributed by atoms with E-state index in [-0.39, 0.29) is 6.61 Å². The van der Waals surface area contributed by atoms with Gasteiger partial charge in [-0.2, -0.15) is 4.98 Å². The van der Waals surface area contributed by atoms with Gasteiger partial charge < -0.3 is 34.3 Å². The third kappa shape index (κ3) is 5.26. The zero-order chi connectivity index (χ0) is 27.6. The minimum Gasteiger partial charge on any atom is -0.495 e. The highest BCUT2D eigenvalue weighted by Crippen LogP contribution is 2.34. The Hall–Kier alpha value is -3.60. The molecule has 2 aliphatic rings. The normalized spacial score (nSPS) is 16.6. The monoisotopic (exact) mass is 562 g/mol. The second kappa shape index (κ2) is 11.5. The van der Waals surface area contributed by atoms with Crippen LogP contribution in [0.5, 0.6) is 5.75 Å². The zero-order valence-electron chi connectivity index (χ0n) is 22.9.